The van der Waals surface area contributed by atoms with Crippen molar-refractivity contribution in [3.05, 3.63) is 66.8 Å². The molecule has 6 heteroatoms. The zero-order valence-electron chi connectivity index (χ0n) is 11.8. The molecule has 0 aliphatic heterocycles. The Balaban J connectivity index is 1.64. The Morgan fingerprint density at radius 3 is 2.83 bits per heavy atom. The maximum absolute atomic E-state index is 11.9. The van der Waals surface area contributed by atoms with Crippen LogP contribution in [-0.2, 0) is 0 Å². The molecule has 0 bridgehead atoms. The number of hydrogen-bond acceptors (Lipinski definition) is 6. The van der Waals surface area contributed by atoms with Crippen molar-refractivity contribution in [3.63, 3.8) is 0 Å². The average Bonchev–Trinajstić information content (AvgIpc) is 3.25. The van der Waals surface area contributed by atoms with Gasteiger partial charge in [0.1, 0.15) is 17.0 Å². The van der Waals surface area contributed by atoms with Gasteiger partial charge in [0, 0.05) is 12.3 Å². The number of aromatic nitrogens is 2. The number of carbonyl (C=O) groups is 1. The summed E-state index contributed by atoms with van der Waals surface area (Å²) >= 11 is 0. The fraction of sp³-hybridized carbons (Fsp3) is 0. The number of pyridine rings is 1. The van der Waals surface area contributed by atoms with Crippen LogP contribution in [0.4, 0.5) is 0 Å². The van der Waals surface area contributed by atoms with Crippen LogP contribution in [0.15, 0.2) is 69.8 Å². The van der Waals surface area contributed by atoms with Gasteiger partial charge in [-0.1, -0.05) is 6.07 Å². The topological polar surface area (TPSA) is 78.4 Å². The van der Waals surface area contributed by atoms with Crippen LogP contribution in [0.3, 0.4) is 0 Å². The average molecular weight is 306 g/mol. The Kier molecular flexibility index (Phi) is 3.12. The first kappa shape index (κ1) is 13.3. The van der Waals surface area contributed by atoms with Gasteiger partial charge < -0.3 is 13.6 Å². The fourth-order valence-electron chi connectivity index (χ4n) is 2.12. The number of fused-ring (bicyclic) bond motifs is 1. The number of carbonyl (C=O) groups excluding carboxylic acids is 1. The monoisotopic (exact) mass is 306 g/mol. The molecule has 4 aromatic rings. The highest BCUT2D eigenvalue weighted by Gasteiger charge is 2.14. The minimum Gasteiger partial charge on any atom is -0.457 e. The van der Waals surface area contributed by atoms with E-state index in [1.807, 2.05) is 18.2 Å². The Morgan fingerprint density at radius 2 is 2.04 bits per heavy atom. The van der Waals surface area contributed by atoms with Crippen molar-refractivity contribution in [2.75, 3.05) is 0 Å². The number of furan rings is 1. The molecule has 0 unspecified atom stereocenters. The number of ether oxygens (including phenoxy) is 1. The highest BCUT2D eigenvalue weighted by Crippen LogP contribution is 2.26. The molecule has 0 aliphatic carbocycles. The molecule has 0 amide bonds. The third-order valence-corrected chi connectivity index (χ3v) is 3.18. The van der Waals surface area contributed by atoms with E-state index in [0.29, 0.717) is 28.4 Å². The molecule has 0 saturated heterocycles. The molecule has 0 N–H and O–H groups in total. The quantitative estimate of drug-likeness (QED) is 0.424. The predicted molar refractivity (Wildman–Crippen MR) is 80.9 cm³/mol. The lowest BCUT2D eigenvalue weighted by Gasteiger charge is -2.01. The molecule has 3 aromatic heterocycles. The van der Waals surface area contributed by atoms with Gasteiger partial charge in [-0.15, -0.1) is 0 Å². The minimum absolute atomic E-state index is 0.136. The summed E-state index contributed by atoms with van der Waals surface area (Å²) < 4.78 is 15.9. The lowest BCUT2D eigenvalue weighted by molar-refractivity contribution is 0.0701. The van der Waals surface area contributed by atoms with Crippen LogP contribution in [0.25, 0.3) is 22.7 Å². The summed E-state index contributed by atoms with van der Waals surface area (Å²) in [5.41, 5.74) is 1.80. The van der Waals surface area contributed by atoms with Gasteiger partial charge in [-0.2, -0.15) is 0 Å². The Bertz CT molecular complexity index is 959. The van der Waals surface area contributed by atoms with E-state index in [4.69, 9.17) is 13.6 Å². The SMILES string of the molecule is O=C(Oc1ccc2nc(-c3ccccn3)oc2c1)c1ccco1. The molecule has 1 aromatic carbocycles. The molecule has 4 rings (SSSR count). The van der Waals surface area contributed by atoms with E-state index in [9.17, 15) is 4.79 Å². The van der Waals surface area contributed by atoms with Crippen molar-refractivity contribution in [1.82, 2.24) is 9.97 Å². The van der Waals surface area contributed by atoms with Gasteiger partial charge in [0.25, 0.3) is 0 Å². The third kappa shape index (κ3) is 2.57. The first-order valence-corrected chi connectivity index (χ1v) is 6.87. The van der Waals surface area contributed by atoms with Crippen LogP contribution < -0.4 is 4.74 Å². The van der Waals surface area contributed by atoms with Crippen LogP contribution in [0.1, 0.15) is 10.6 Å². The van der Waals surface area contributed by atoms with Gasteiger partial charge in [-0.05, 0) is 36.4 Å². The standard InChI is InChI=1S/C17H10N2O4/c20-17(14-5-3-9-21-14)22-11-6-7-12-15(10-11)23-16(19-12)13-4-1-2-8-18-13/h1-10H. The smallest absolute Gasteiger partial charge is 0.379 e. The minimum atomic E-state index is -0.571. The van der Waals surface area contributed by atoms with Crippen molar-refractivity contribution < 1.29 is 18.4 Å². The summed E-state index contributed by atoms with van der Waals surface area (Å²) in [6.07, 6.45) is 3.08. The van der Waals surface area contributed by atoms with Crippen molar-refractivity contribution >= 4 is 17.1 Å². The number of benzene rings is 1. The fourth-order valence-corrected chi connectivity index (χ4v) is 2.12. The molecule has 0 saturated carbocycles. The molecule has 112 valence electrons. The largest absolute Gasteiger partial charge is 0.457 e. The second-order valence-electron chi connectivity index (χ2n) is 4.73. The van der Waals surface area contributed by atoms with Gasteiger partial charge >= 0.3 is 5.97 Å². The second-order valence-corrected chi connectivity index (χ2v) is 4.73. The molecule has 0 atom stereocenters. The van der Waals surface area contributed by atoms with E-state index >= 15 is 0 Å². The van der Waals surface area contributed by atoms with E-state index < -0.39 is 5.97 Å². The third-order valence-electron chi connectivity index (χ3n) is 3.18. The normalized spacial score (nSPS) is 10.8. The van der Waals surface area contributed by atoms with Gasteiger partial charge in [0.15, 0.2) is 5.58 Å². The van der Waals surface area contributed by atoms with Crippen LogP contribution in [0, 0.1) is 0 Å². The van der Waals surface area contributed by atoms with Crippen molar-refractivity contribution in [2.24, 2.45) is 0 Å². The summed E-state index contributed by atoms with van der Waals surface area (Å²) in [4.78, 5) is 20.4. The van der Waals surface area contributed by atoms with E-state index in [1.165, 1.54) is 12.3 Å². The first-order valence-electron chi connectivity index (χ1n) is 6.87. The van der Waals surface area contributed by atoms with Gasteiger partial charge in [-0.3, -0.25) is 4.98 Å². The molecular weight excluding hydrogens is 296 g/mol. The molecule has 6 nitrogen and oxygen atoms in total. The second kappa shape index (κ2) is 5.42. The molecule has 0 radical (unpaired) electrons. The van der Waals surface area contributed by atoms with E-state index in [2.05, 4.69) is 9.97 Å². The van der Waals surface area contributed by atoms with Crippen LogP contribution in [-0.4, -0.2) is 15.9 Å². The van der Waals surface area contributed by atoms with E-state index in [0.717, 1.165) is 0 Å². The van der Waals surface area contributed by atoms with Crippen LogP contribution >= 0.6 is 0 Å². The zero-order valence-corrected chi connectivity index (χ0v) is 11.8. The molecule has 23 heavy (non-hydrogen) atoms. The summed E-state index contributed by atoms with van der Waals surface area (Å²) in [6, 6.07) is 13.6. The molecule has 0 fully saturated rings. The predicted octanol–water partition coefficient (Wildman–Crippen LogP) is 3.70. The maximum Gasteiger partial charge on any atom is 0.379 e. The summed E-state index contributed by atoms with van der Waals surface area (Å²) in [7, 11) is 0. The lowest BCUT2D eigenvalue weighted by Crippen LogP contribution is -2.06. The Hall–Kier alpha value is -3.41. The summed E-state index contributed by atoms with van der Waals surface area (Å²) in [5.74, 6) is 0.327. The van der Waals surface area contributed by atoms with Crippen LogP contribution in [0.5, 0.6) is 5.75 Å². The number of nitrogens with zero attached hydrogens (tertiary/aromatic N) is 2. The molecule has 0 spiro atoms. The Morgan fingerprint density at radius 1 is 1.09 bits per heavy atom. The van der Waals surface area contributed by atoms with Crippen LogP contribution in [0.2, 0.25) is 0 Å². The Labute approximate surface area is 130 Å². The number of rotatable bonds is 3. The van der Waals surface area contributed by atoms with Crippen molar-refractivity contribution in [3.8, 4) is 17.3 Å². The number of esters is 1. The van der Waals surface area contributed by atoms with Crippen molar-refractivity contribution in [2.45, 2.75) is 0 Å². The van der Waals surface area contributed by atoms with E-state index in [-0.39, 0.29) is 5.76 Å². The van der Waals surface area contributed by atoms with E-state index in [1.54, 1.807) is 30.5 Å². The summed E-state index contributed by atoms with van der Waals surface area (Å²) in [5, 5.41) is 0. The number of oxazole rings is 1. The van der Waals surface area contributed by atoms with Gasteiger partial charge in [0.05, 0.1) is 6.26 Å². The highest BCUT2D eigenvalue weighted by molar-refractivity contribution is 5.88. The van der Waals surface area contributed by atoms with Gasteiger partial charge in [-0.25, -0.2) is 9.78 Å². The maximum atomic E-state index is 11.9. The van der Waals surface area contributed by atoms with Gasteiger partial charge in [0.2, 0.25) is 11.7 Å². The summed E-state index contributed by atoms with van der Waals surface area (Å²) in [6.45, 7) is 0. The molecule has 0 aliphatic rings. The van der Waals surface area contributed by atoms with Crippen molar-refractivity contribution in [1.29, 1.82) is 0 Å². The highest BCUT2D eigenvalue weighted by atomic mass is 16.5. The number of hydrogen-bond donors (Lipinski definition) is 0. The zero-order chi connectivity index (χ0) is 15.6. The lowest BCUT2D eigenvalue weighted by atomic mass is 10.3. The molecule has 3 heterocycles. The molecular formula is C17H10N2O4. The first-order chi connectivity index (χ1) is 11.3.